The largest absolute Gasteiger partial charge is 0.397 e. The molecule has 0 radical (unpaired) electrons. The molecule has 4 heterocycles. The summed E-state index contributed by atoms with van der Waals surface area (Å²) in [5.41, 5.74) is 9.85. The van der Waals surface area contributed by atoms with Gasteiger partial charge in [0.2, 0.25) is 0 Å². The number of H-pyrrole nitrogens is 1. The third kappa shape index (κ3) is 4.39. The molecule has 3 N–H and O–H groups in total. The van der Waals surface area contributed by atoms with Gasteiger partial charge < -0.3 is 15.5 Å². The van der Waals surface area contributed by atoms with Crippen LogP contribution in [0.15, 0.2) is 23.8 Å². The molecule has 0 unspecified atom stereocenters. The van der Waals surface area contributed by atoms with Crippen LogP contribution in [-0.2, 0) is 11.5 Å². The SMILES string of the molecule is Cc1cnc(-c2nc(-c3nn(COCC[Si](C)(C)C)c4ncc(N)cc34)cs2)[nH]1. The first-order valence-electron chi connectivity index (χ1n) is 9.48. The van der Waals surface area contributed by atoms with Crippen LogP contribution in [0.25, 0.3) is 33.3 Å². The zero-order chi connectivity index (χ0) is 20.6. The van der Waals surface area contributed by atoms with Gasteiger partial charge in [-0.15, -0.1) is 11.3 Å². The summed E-state index contributed by atoms with van der Waals surface area (Å²) in [6, 6.07) is 3.00. The van der Waals surface area contributed by atoms with Crippen molar-refractivity contribution in [1.82, 2.24) is 29.7 Å². The Morgan fingerprint density at radius 1 is 1.24 bits per heavy atom. The number of rotatable bonds is 7. The number of aromatic nitrogens is 6. The van der Waals surface area contributed by atoms with Crippen LogP contribution in [0.2, 0.25) is 25.7 Å². The maximum absolute atomic E-state index is 5.99. The van der Waals surface area contributed by atoms with Crippen LogP contribution in [0.3, 0.4) is 0 Å². The molecule has 0 atom stereocenters. The van der Waals surface area contributed by atoms with E-state index in [1.807, 2.05) is 18.4 Å². The summed E-state index contributed by atoms with van der Waals surface area (Å²) in [5, 5.41) is 8.41. The Labute approximate surface area is 174 Å². The van der Waals surface area contributed by atoms with Gasteiger partial charge in [0.1, 0.15) is 18.1 Å². The number of imidazole rings is 1. The van der Waals surface area contributed by atoms with E-state index in [-0.39, 0.29) is 0 Å². The van der Waals surface area contributed by atoms with Gasteiger partial charge >= 0.3 is 0 Å². The number of nitrogen functional groups attached to an aromatic ring is 1. The molecule has 10 heteroatoms. The fourth-order valence-electron chi connectivity index (χ4n) is 2.90. The van der Waals surface area contributed by atoms with Crippen LogP contribution < -0.4 is 5.73 Å². The molecule has 0 amide bonds. The van der Waals surface area contributed by atoms with E-state index in [0.717, 1.165) is 51.6 Å². The highest BCUT2D eigenvalue weighted by molar-refractivity contribution is 7.13. The van der Waals surface area contributed by atoms with Crippen molar-refractivity contribution in [3.63, 3.8) is 0 Å². The molecule has 29 heavy (non-hydrogen) atoms. The van der Waals surface area contributed by atoms with Crippen LogP contribution in [0.4, 0.5) is 5.69 Å². The third-order valence-electron chi connectivity index (χ3n) is 4.47. The minimum Gasteiger partial charge on any atom is -0.397 e. The molecule has 152 valence electrons. The predicted molar refractivity (Wildman–Crippen MR) is 119 cm³/mol. The van der Waals surface area contributed by atoms with Crippen molar-refractivity contribution in [2.45, 2.75) is 39.3 Å². The number of nitrogens with two attached hydrogens (primary N) is 1. The number of hydrogen-bond acceptors (Lipinski definition) is 7. The molecule has 4 aromatic rings. The molecule has 0 saturated heterocycles. The first-order chi connectivity index (χ1) is 13.8. The van der Waals surface area contributed by atoms with E-state index in [4.69, 9.17) is 20.6 Å². The highest BCUT2D eigenvalue weighted by Crippen LogP contribution is 2.31. The summed E-state index contributed by atoms with van der Waals surface area (Å²) >= 11 is 1.52. The van der Waals surface area contributed by atoms with Crippen LogP contribution in [-0.4, -0.2) is 44.4 Å². The fourth-order valence-corrected chi connectivity index (χ4v) is 4.41. The summed E-state index contributed by atoms with van der Waals surface area (Å²) in [7, 11) is -1.14. The maximum atomic E-state index is 5.99. The molecule has 0 spiro atoms. The van der Waals surface area contributed by atoms with Gasteiger partial charge in [0, 0.05) is 32.0 Å². The number of aromatic amines is 1. The first-order valence-corrected chi connectivity index (χ1v) is 14.1. The lowest BCUT2D eigenvalue weighted by Crippen LogP contribution is -2.22. The molecular formula is C19H25N7OSSi. The molecule has 0 fully saturated rings. The molecule has 0 aromatic carbocycles. The smallest absolute Gasteiger partial charge is 0.166 e. The van der Waals surface area contributed by atoms with Gasteiger partial charge in [0.05, 0.1) is 17.3 Å². The summed E-state index contributed by atoms with van der Waals surface area (Å²) < 4.78 is 7.67. The predicted octanol–water partition coefficient (Wildman–Crippen LogP) is 4.15. The maximum Gasteiger partial charge on any atom is 0.166 e. The highest BCUT2D eigenvalue weighted by atomic mass is 32.1. The van der Waals surface area contributed by atoms with E-state index < -0.39 is 8.07 Å². The van der Waals surface area contributed by atoms with E-state index in [0.29, 0.717) is 12.4 Å². The van der Waals surface area contributed by atoms with E-state index >= 15 is 0 Å². The van der Waals surface area contributed by atoms with Gasteiger partial charge in [0.15, 0.2) is 16.5 Å². The number of pyridine rings is 1. The van der Waals surface area contributed by atoms with Gasteiger partial charge in [-0.2, -0.15) is 5.10 Å². The lowest BCUT2D eigenvalue weighted by atomic mass is 10.2. The average molecular weight is 428 g/mol. The lowest BCUT2D eigenvalue weighted by Gasteiger charge is -2.15. The number of nitrogens with zero attached hydrogens (tertiary/aromatic N) is 5. The molecule has 4 aromatic heterocycles. The Balaban J connectivity index is 1.64. The summed E-state index contributed by atoms with van der Waals surface area (Å²) in [6.07, 6.45) is 3.44. The molecule has 0 aliphatic carbocycles. The number of ether oxygens (including phenoxy) is 1. The van der Waals surface area contributed by atoms with Crippen molar-refractivity contribution in [3.05, 3.63) is 29.5 Å². The Hall–Kier alpha value is -2.56. The number of hydrogen-bond donors (Lipinski definition) is 2. The second kappa shape index (κ2) is 7.69. The molecule has 0 saturated carbocycles. The van der Waals surface area contributed by atoms with Crippen LogP contribution in [0.1, 0.15) is 5.69 Å². The average Bonchev–Trinajstić information content (AvgIpc) is 3.36. The molecule has 4 rings (SSSR count). The van der Waals surface area contributed by atoms with Crippen molar-refractivity contribution >= 4 is 36.1 Å². The zero-order valence-corrected chi connectivity index (χ0v) is 18.9. The number of thiazole rings is 1. The van der Waals surface area contributed by atoms with Crippen molar-refractivity contribution < 1.29 is 4.74 Å². The second-order valence-corrected chi connectivity index (χ2v) is 14.8. The minimum atomic E-state index is -1.14. The van der Waals surface area contributed by atoms with Gasteiger partial charge in [-0.05, 0) is 19.0 Å². The number of aryl methyl sites for hydroxylation is 1. The van der Waals surface area contributed by atoms with E-state index in [9.17, 15) is 0 Å². The van der Waals surface area contributed by atoms with Crippen molar-refractivity contribution in [3.8, 4) is 22.2 Å². The van der Waals surface area contributed by atoms with Gasteiger partial charge in [-0.3, -0.25) is 0 Å². The molecule has 0 aliphatic heterocycles. The molecule has 0 bridgehead atoms. The Morgan fingerprint density at radius 3 is 2.79 bits per heavy atom. The minimum absolute atomic E-state index is 0.353. The van der Waals surface area contributed by atoms with Gasteiger partial charge in [-0.25, -0.2) is 19.6 Å². The summed E-state index contributed by atoms with van der Waals surface area (Å²) in [4.78, 5) is 16.8. The normalized spacial score (nSPS) is 12.1. The Morgan fingerprint density at radius 2 is 2.07 bits per heavy atom. The third-order valence-corrected chi connectivity index (χ3v) is 7.02. The Bertz CT molecular complexity index is 1140. The topological polar surface area (TPSA) is 108 Å². The highest BCUT2D eigenvalue weighted by Gasteiger charge is 2.18. The Kier molecular flexibility index (Phi) is 5.24. The standard InChI is InChI=1S/C19H25N7OSSi/c1-12-8-21-17(23-12)19-24-15(10-28-19)16-14-7-13(20)9-22-18(14)26(25-16)11-27-5-6-29(2,3)4/h7-10H,5-6,11,20H2,1-4H3,(H,21,23). The lowest BCUT2D eigenvalue weighted by molar-refractivity contribution is 0.0814. The molecule has 8 nitrogen and oxygen atoms in total. The van der Waals surface area contributed by atoms with Crippen LogP contribution in [0, 0.1) is 6.92 Å². The second-order valence-electron chi connectivity index (χ2n) is 8.29. The monoisotopic (exact) mass is 427 g/mol. The van der Waals surface area contributed by atoms with Gasteiger partial charge in [0.25, 0.3) is 0 Å². The van der Waals surface area contributed by atoms with Crippen molar-refractivity contribution in [2.75, 3.05) is 12.3 Å². The first kappa shape index (κ1) is 19.7. The molecule has 0 aliphatic rings. The van der Waals surface area contributed by atoms with Gasteiger partial charge in [-0.1, -0.05) is 19.6 Å². The molecular weight excluding hydrogens is 402 g/mol. The number of anilines is 1. The quantitative estimate of drug-likeness (QED) is 0.339. The fraction of sp³-hybridized carbons (Fsp3) is 0.368. The van der Waals surface area contributed by atoms with Crippen LogP contribution in [0.5, 0.6) is 0 Å². The van der Waals surface area contributed by atoms with E-state index in [1.165, 1.54) is 11.3 Å². The summed E-state index contributed by atoms with van der Waals surface area (Å²) in [6.45, 7) is 10.1. The van der Waals surface area contributed by atoms with Crippen molar-refractivity contribution in [2.24, 2.45) is 0 Å². The zero-order valence-electron chi connectivity index (χ0n) is 17.1. The van der Waals surface area contributed by atoms with E-state index in [2.05, 4.69) is 34.6 Å². The summed E-state index contributed by atoms with van der Waals surface area (Å²) in [5.74, 6) is 0.759. The van der Waals surface area contributed by atoms with Crippen LogP contribution >= 0.6 is 11.3 Å². The van der Waals surface area contributed by atoms with Crippen molar-refractivity contribution in [1.29, 1.82) is 0 Å². The number of fused-ring (bicyclic) bond motifs is 1. The van der Waals surface area contributed by atoms with E-state index in [1.54, 1.807) is 17.1 Å². The number of nitrogens with one attached hydrogen (secondary N) is 1.